The summed E-state index contributed by atoms with van der Waals surface area (Å²) in [6.45, 7) is 0.693. The van der Waals surface area contributed by atoms with Crippen LogP contribution >= 0.6 is 11.3 Å². The molecule has 0 spiro atoms. The number of amides is 3. The van der Waals surface area contributed by atoms with Crippen molar-refractivity contribution in [1.82, 2.24) is 9.55 Å². The number of primary amides is 1. The van der Waals surface area contributed by atoms with Crippen molar-refractivity contribution in [2.45, 2.75) is 64.3 Å². The van der Waals surface area contributed by atoms with Crippen molar-refractivity contribution >= 4 is 51.7 Å². The number of fused-ring (bicyclic) bond motifs is 1. The molecule has 3 amide bonds. The van der Waals surface area contributed by atoms with Crippen molar-refractivity contribution in [3.05, 3.63) is 40.6 Å². The highest BCUT2D eigenvalue weighted by atomic mass is 32.1. The molecule has 1 aromatic carbocycles. The first-order chi connectivity index (χ1) is 17.9. The SMILES string of the molecule is CN(C(=O)C1CCCCC1)c1ccc2c(c1)nc(NC(=O)c1cccs1)n2CC1CCC(C(N)=O)CC1. The molecule has 37 heavy (non-hydrogen) atoms. The summed E-state index contributed by atoms with van der Waals surface area (Å²) in [5.74, 6) is 0.667. The predicted octanol–water partition coefficient (Wildman–Crippen LogP) is 5.18. The third-order valence-corrected chi connectivity index (χ3v) is 8.93. The molecule has 2 aromatic heterocycles. The van der Waals surface area contributed by atoms with Gasteiger partial charge in [0.25, 0.3) is 5.91 Å². The minimum absolute atomic E-state index is 0.0476. The number of hydrogen-bond donors (Lipinski definition) is 2. The van der Waals surface area contributed by atoms with Gasteiger partial charge in [-0.2, -0.15) is 0 Å². The van der Waals surface area contributed by atoms with Gasteiger partial charge in [0.15, 0.2) is 0 Å². The normalized spacial score (nSPS) is 20.6. The molecule has 5 rings (SSSR count). The number of anilines is 2. The molecule has 2 heterocycles. The number of nitrogens with zero attached hydrogens (tertiary/aromatic N) is 3. The molecular weight excluding hydrogens is 486 g/mol. The van der Waals surface area contributed by atoms with Gasteiger partial charge in [0.2, 0.25) is 17.8 Å². The predicted molar refractivity (Wildman–Crippen MR) is 147 cm³/mol. The van der Waals surface area contributed by atoms with E-state index in [1.165, 1.54) is 17.8 Å². The van der Waals surface area contributed by atoms with Crippen LogP contribution in [0, 0.1) is 17.8 Å². The highest BCUT2D eigenvalue weighted by Crippen LogP contribution is 2.33. The quantitative estimate of drug-likeness (QED) is 0.446. The Balaban J connectivity index is 1.42. The van der Waals surface area contributed by atoms with E-state index < -0.39 is 0 Å². The molecule has 2 saturated carbocycles. The molecule has 196 valence electrons. The van der Waals surface area contributed by atoms with Crippen molar-refractivity contribution in [3.8, 4) is 0 Å². The lowest BCUT2D eigenvalue weighted by molar-refractivity contribution is -0.123. The largest absolute Gasteiger partial charge is 0.369 e. The first kappa shape index (κ1) is 25.4. The molecule has 0 unspecified atom stereocenters. The number of nitrogens with one attached hydrogen (secondary N) is 1. The second kappa shape index (κ2) is 11.0. The fourth-order valence-corrected chi connectivity index (χ4v) is 6.44. The highest BCUT2D eigenvalue weighted by molar-refractivity contribution is 7.12. The minimum atomic E-state index is -0.213. The third kappa shape index (κ3) is 5.56. The van der Waals surface area contributed by atoms with E-state index in [2.05, 4.69) is 9.88 Å². The number of aromatic nitrogens is 2. The van der Waals surface area contributed by atoms with E-state index in [1.54, 1.807) is 11.0 Å². The molecule has 3 aromatic rings. The number of imidazole rings is 1. The maximum Gasteiger partial charge on any atom is 0.268 e. The molecule has 0 saturated heterocycles. The fourth-order valence-electron chi connectivity index (χ4n) is 5.82. The average Bonchev–Trinajstić information content (AvgIpc) is 3.57. The van der Waals surface area contributed by atoms with Gasteiger partial charge in [0.05, 0.1) is 15.9 Å². The molecule has 3 N–H and O–H groups in total. The lowest BCUT2D eigenvalue weighted by Crippen LogP contribution is -2.33. The number of carbonyl (C=O) groups excluding carboxylic acids is 3. The Bertz CT molecular complexity index is 1270. The maximum atomic E-state index is 13.1. The average molecular weight is 522 g/mol. The Morgan fingerprint density at radius 1 is 1.05 bits per heavy atom. The standard InChI is InChI=1S/C28H35N5O3S/c1-32(27(36)20-6-3-2-4-7-20)21-13-14-23-22(16-21)30-28(31-26(35)24-8-5-15-37-24)33(23)17-18-9-11-19(12-10-18)25(29)34/h5,8,13-16,18-20H,2-4,6-7,9-12,17H2,1H3,(H2,29,34)(H,30,31,35). The molecule has 2 aliphatic carbocycles. The molecule has 2 aliphatic rings. The van der Waals surface area contributed by atoms with E-state index in [0.717, 1.165) is 68.1 Å². The van der Waals surface area contributed by atoms with Gasteiger partial charge in [-0.15, -0.1) is 11.3 Å². The second-order valence-corrected chi connectivity index (χ2v) is 11.5. The molecule has 0 bridgehead atoms. The fraction of sp³-hybridized carbons (Fsp3) is 0.500. The molecule has 0 aliphatic heterocycles. The van der Waals surface area contributed by atoms with Crippen LogP contribution in [0.1, 0.15) is 67.5 Å². The van der Waals surface area contributed by atoms with Crippen LogP contribution < -0.4 is 16.0 Å². The van der Waals surface area contributed by atoms with E-state index >= 15 is 0 Å². The van der Waals surface area contributed by atoms with E-state index in [0.29, 0.717) is 23.3 Å². The molecular formula is C28H35N5O3S. The summed E-state index contributed by atoms with van der Waals surface area (Å²) in [4.78, 5) is 44.8. The summed E-state index contributed by atoms with van der Waals surface area (Å²) in [7, 11) is 1.84. The van der Waals surface area contributed by atoms with Crippen LogP contribution in [-0.2, 0) is 16.1 Å². The van der Waals surface area contributed by atoms with Crippen LogP contribution in [0.15, 0.2) is 35.7 Å². The van der Waals surface area contributed by atoms with E-state index in [1.807, 2.05) is 36.7 Å². The van der Waals surface area contributed by atoms with Gasteiger partial charge < -0.3 is 15.2 Å². The van der Waals surface area contributed by atoms with Crippen molar-refractivity contribution in [2.24, 2.45) is 23.5 Å². The van der Waals surface area contributed by atoms with Gasteiger partial charge in [-0.25, -0.2) is 4.98 Å². The topological polar surface area (TPSA) is 110 Å². The van der Waals surface area contributed by atoms with Crippen LogP contribution in [0.3, 0.4) is 0 Å². The zero-order valence-corrected chi connectivity index (χ0v) is 22.1. The van der Waals surface area contributed by atoms with Crippen LogP contribution in [-0.4, -0.2) is 34.3 Å². The van der Waals surface area contributed by atoms with Gasteiger partial charge in [-0.05, 0) is 74.1 Å². The van der Waals surface area contributed by atoms with E-state index in [4.69, 9.17) is 10.7 Å². The summed E-state index contributed by atoms with van der Waals surface area (Å²) >= 11 is 1.39. The summed E-state index contributed by atoms with van der Waals surface area (Å²) in [6, 6.07) is 9.55. The van der Waals surface area contributed by atoms with Crippen molar-refractivity contribution in [2.75, 3.05) is 17.3 Å². The van der Waals surface area contributed by atoms with E-state index in [9.17, 15) is 14.4 Å². The van der Waals surface area contributed by atoms with Crippen molar-refractivity contribution in [1.29, 1.82) is 0 Å². The minimum Gasteiger partial charge on any atom is -0.369 e. The van der Waals surface area contributed by atoms with Gasteiger partial charge >= 0.3 is 0 Å². The first-order valence-corrected chi connectivity index (χ1v) is 14.2. The number of thiophene rings is 1. The van der Waals surface area contributed by atoms with Gasteiger partial charge in [0, 0.05) is 31.1 Å². The number of rotatable bonds is 7. The number of hydrogen-bond acceptors (Lipinski definition) is 5. The van der Waals surface area contributed by atoms with E-state index in [-0.39, 0.29) is 29.6 Å². The smallest absolute Gasteiger partial charge is 0.268 e. The third-order valence-electron chi connectivity index (χ3n) is 8.06. The van der Waals surface area contributed by atoms with Gasteiger partial charge in [-0.3, -0.25) is 19.7 Å². The van der Waals surface area contributed by atoms with Crippen molar-refractivity contribution < 1.29 is 14.4 Å². The van der Waals surface area contributed by atoms with Crippen LogP contribution in [0.25, 0.3) is 11.0 Å². The summed E-state index contributed by atoms with van der Waals surface area (Å²) in [6.07, 6.45) is 8.74. The lowest BCUT2D eigenvalue weighted by atomic mass is 9.81. The molecule has 9 heteroatoms. The summed E-state index contributed by atoms with van der Waals surface area (Å²) in [5, 5.41) is 4.89. The summed E-state index contributed by atoms with van der Waals surface area (Å²) in [5.41, 5.74) is 8.00. The second-order valence-electron chi connectivity index (χ2n) is 10.5. The first-order valence-electron chi connectivity index (χ1n) is 13.3. The number of benzene rings is 1. The monoisotopic (exact) mass is 521 g/mol. The van der Waals surface area contributed by atoms with Gasteiger partial charge in [0.1, 0.15) is 0 Å². The Morgan fingerprint density at radius 2 is 1.81 bits per heavy atom. The highest BCUT2D eigenvalue weighted by Gasteiger charge is 2.28. The Kier molecular flexibility index (Phi) is 7.60. The van der Waals surface area contributed by atoms with Crippen LogP contribution in [0.4, 0.5) is 11.6 Å². The molecule has 0 atom stereocenters. The zero-order chi connectivity index (χ0) is 25.9. The van der Waals surface area contributed by atoms with Gasteiger partial charge in [-0.1, -0.05) is 25.3 Å². The Hall–Kier alpha value is -3.20. The van der Waals surface area contributed by atoms with Crippen LogP contribution in [0.2, 0.25) is 0 Å². The Labute approximate surface area is 221 Å². The number of nitrogens with two attached hydrogens (primary N) is 1. The molecule has 2 fully saturated rings. The molecule has 8 nitrogen and oxygen atoms in total. The van der Waals surface area contributed by atoms with Crippen molar-refractivity contribution in [3.63, 3.8) is 0 Å². The number of carbonyl (C=O) groups is 3. The maximum absolute atomic E-state index is 13.1. The lowest BCUT2D eigenvalue weighted by Gasteiger charge is -2.27. The summed E-state index contributed by atoms with van der Waals surface area (Å²) < 4.78 is 2.07. The van der Waals surface area contributed by atoms with Crippen LogP contribution in [0.5, 0.6) is 0 Å². The zero-order valence-electron chi connectivity index (χ0n) is 21.3. The Morgan fingerprint density at radius 3 is 2.49 bits per heavy atom. The molecule has 0 radical (unpaired) electrons.